The summed E-state index contributed by atoms with van der Waals surface area (Å²) in [7, 11) is 1.65. The summed E-state index contributed by atoms with van der Waals surface area (Å²) in [5, 5.41) is 0. The summed E-state index contributed by atoms with van der Waals surface area (Å²) in [6, 6.07) is 3.66. The molecule has 1 amide bonds. The second-order valence-electron chi connectivity index (χ2n) is 4.45. The summed E-state index contributed by atoms with van der Waals surface area (Å²) >= 11 is 0. The first-order valence-electron chi connectivity index (χ1n) is 6.30. The molecular formula is C14H20N2O3. The van der Waals surface area contributed by atoms with E-state index in [-0.39, 0.29) is 18.3 Å². The lowest BCUT2D eigenvalue weighted by atomic mass is 10.2. The lowest BCUT2D eigenvalue weighted by Crippen LogP contribution is -2.30. The Kier molecular flexibility index (Phi) is 5.48. The predicted molar refractivity (Wildman–Crippen MR) is 71.9 cm³/mol. The number of pyridine rings is 1. The van der Waals surface area contributed by atoms with Crippen molar-refractivity contribution >= 4 is 11.9 Å². The number of esters is 1. The minimum absolute atomic E-state index is 0.184. The summed E-state index contributed by atoms with van der Waals surface area (Å²) in [6.45, 7) is 6.21. The summed E-state index contributed by atoms with van der Waals surface area (Å²) in [5.74, 6) is -0.480. The van der Waals surface area contributed by atoms with Crippen LogP contribution in [0.5, 0.6) is 0 Å². The van der Waals surface area contributed by atoms with Crippen LogP contribution in [0.1, 0.15) is 35.1 Å². The summed E-state index contributed by atoms with van der Waals surface area (Å²) in [6.07, 6.45) is 0.195. The van der Waals surface area contributed by atoms with Crippen molar-refractivity contribution < 1.29 is 14.3 Å². The molecule has 0 fully saturated rings. The van der Waals surface area contributed by atoms with Crippen molar-refractivity contribution in [2.24, 2.45) is 0 Å². The van der Waals surface area contributed by atoms with Gasteiger partial charge in [-0.25, -0.2) is 4.98 Å². The molecule has 0 saturated carbocycles. The van der Waals surface area contributed by atoms with E-state index in [2.05, 4.69) is 4.98 Å². The van der Waals surface area contributed by atoms with Gasteiger partial charge in [0.2, 0.25) is 0 Å². The minimum Gasteiger partial charge on any atom is -0.466 e. The number of rotatable bonds is 5. The van der Waals surface area contributed by atoms with Crippen molar-refractivity contribution in [3.05, 3.63) is 29.1 Å². The van der Waals surface area contributed by atoms with Gasteiger partial charge in [-0.15, -0.1) is 0 Å². The standard InChI is InChI=1S/C14H20N2O3/c1-5-19-13(17)6-7-16(4)14(18)12-9-10(2)8-11(3)15-12/h8-9H,5-7H2,1-4H3. The van der Waals surface area contributed by atoms with Gasteiger partial charge in [-0.05, 0) is 38.5 Å². The van der Waals surface area contributed by atoms with Crippen LogP contribution in [-0.2, 0) is 9.53 Å². The summed E-state index contributed by atoms with van der Waals surface area (Å²) in [5.41, 5.74) is 2.21. The van der Waals surface area contributed by atoms with Gasteiger partial charge in [0.1, 0.15) is 5.69 Å². The van der Waals surface area contributed by atoms with Crippen molar-refractivity contribution in [2.75, 3.05) is 20.2 Å². The largest absolute Gasteiger partial charge is 0.466 e. The van der Waals surface area contributed by atoms with Gasteiger partial charge in [0, 0.05) is 19.3 Å². The number of hydrogen-bond donors (Lipinski definition) is 0. The Morgan fingerprint density at radius 1 is 1.32 bits per heavy atom. The fraction of sp³-hybridized carbons (Fsp3) is 0.500. The van der Waals surface area contributed by atoms with E-state index in [1.165, 1.54) is 4.90 Å². The maximum Gasteiger partial charge on any atom is 0.307 e. The van der Waals surface area contributed by atoms with Gasteiger partial charge in [0.05, 0.1) is 13.0 Å². The second-order valence-corrected chi connectivity index (χ2v) is 4.45. The zero-order valence-corrected chi connectivity index (χ0v) is 11.9. The molecule has 1 aromatic rings. The average molecular weight is 264 g/mol. The van der Waals surface area contributed by atoms with Crippen molar-refractivity contribution in [1.29, 1.82) is 0 Å². The first-order valence-corrected chi connectivity index (χ1v) is 6.30. The van der Waals surface area contributed by atoms with Gasteiger partial charge >= 0.3 is 5.97 Å². The molecule has 0 spiro atoms. The first-order chi connectivity index (χ1) is 8.93. The number of hydrogen-bond acceptors (Lipinski definition) is 4. The molecule has 19 heavy (non-hydrogen) atoms. The lowest BCUT2D eigenvalue weighted by molar-refractivity contribution is -0.143. The third-order valence-corrected chi connectivity index (χ3v) is 2.62. The van der Waals surface area contributed by atoms with Gasteiger partial charge in [0.25, 0.3) is 5.91 Å². The highest BCUT2D eigenvalue weighted by atomic mass is 16.5. The monoisotopic (exact) mass is 264 g/mol. The Hall–Kier alpha value is -1.91. The Morgan fingerprint density at radius 2 is 2.00 bits per heavy atom. The van der Waals surface area contributed by atoms with E-state index in [1.807, 2.05) is 19.9 Å². The molecule has 104 valence electrons. The van der Waals surface area contributed by atoms with Gasteiger partial charge < -0.3 is 9.64 Å². The highest BCUT2D eigenvalue weighted by molar-refractivity contribution is 5.92. The fourth-order valence-corrected chi connectivity index (χ4v) is 1.74. The maximum absolute atomic E-state index is 12.1. The van der Waals surface area contributed by atoms with Crippen LogP contribution >= 0.6 is 0 Å². The van der Waals surface area contributed by atoms with E-state index < -0.39 is 0 Å². The zero-order chi connectivity index (χ0) is 14.4. The van der Waals surface area contributed by atoms with Crippen LogP contribution in [0.15, 0.2) is 12.1 Å². The molecular weight excluding hydrogens is 244 g/mol. The average Bonchev–Trinajstić information content (AvgIpc) is 2.34. The molecule has 0 aliphatic heterocycles. The van der Waals surface area contributed by atoms with Crippen LogP contribution in [0, 0.1) is 13.8 Å². The Morgan fingerprint density at radius 3 is 2.58 bits per heavy atom. The van der Waals surface area contributed by atoms with E-state index in [0.29, 0.717) is 18.8 Å². The van der Waals surface area contributed by atoms with Gasteiger partial charge in [-0.2, -0.15) is 0 Å². The van der Waals surface area contributed by atoms with Gasteiger partial charge in [-0.1, -0.05) is 0 Å². The van der Waals surface area contributed by atoms with Crippen LogP contribution in [-0.4, -0.2) is 42.0 Å². The molecule has 0 unspecified atom stereocenters. The number of carbonyl (C=O) groups is 2. The summed E-state index contributed by atoms with van der Waals surface area (Å²) in [4.78, 5) is 29.1. The Balaban J connectivity index is 2.63. The van der Waals surface area contributed by atoms with Crippen molar-refractivity contribution in [1.82, 2.24) is 9.88 Å². The maximum atomic E-state index is 12.1. The molecule has 0 radical (unpaired) electrons. The predicted octanol–water partition coefficient (Wildman–Crippen LogP) is 1.72. The molecule has 1 aromatic heterocycles. The normalized spacial score (nSPS) is 10.1. The minimum atomic E-state index is -0.296. The molecule has 0 saturated heterocycles. The number of amides is 1. The Bertz CT molecular complexity index is 452. The number of aromatic nitrogens is 1. The van der Waals surface area contributed by atoms with E-state index >= 15 is 0 Å². The highest BCUT2D eigenvalue weighted by Crippen LogP contribution is 2.07. The van der Waals surface area contributed by atoms with Crippen molar-refractivity contribution in [3.63, 3.8) is 0 Å². The molecule has 1 heterocycles. The van der Waals surface area contributed by atoms with E-state index in [1.54, 1.807) is 20.0 Å². The molecule has 5 heteroatoms. The van der Waals surface area contributed by atoms with E-state index in [0.717, 1.165) is 11.3 Å². The molecule has 1 rings (SSSR count). The smallest absolute Gasteiger partial charge is 0.307 e. The van der Waals surface area contributed by atoms with E-state index in [9.17, 15) is 9.59 Å². The molecule has 0 aliphatic carbocycles. The number of nitrogens with zero attached hydrogens (tertiary/aromatic N) is 2. The van der Waals surface area contributed by atoms with Crippen LogP contribution in [0.2, 0.25) is 0 Å². The Labute approximate surface area is 113 Å². The SMILES string of the molecule is CCOC(=O)CCN(C)C(=O)c1cc(C)cc(C)n1. The molecule has 5 nitrogen and oxygen atoms in total. The number of carbonyl (C=O) groups excluding carboxylic acids is 2. The molecule has 0 atom stereocenters. The van der Waals surface area contributed by atoms with Gasteiger partial charge in [-0.3, -0.25) is 9.59 Å². The van der Waals surface area contributed by atoms with E-state index in [4.69, 9.17) is 4.74 Å². The topological polar surface area (TPSA) is 59.5 Å². The molecule has 0 bridgehead atoms. The number of ether oxygens (including phenoxy) is 1. The zero-order valence-electron chi connectivity index (χ0n) is 11.9. The highest BCUT2D eigenvalue weighted by Gasteiger charge is 2.15. The van der Waals surface area contributed by atoms with Crippen molar-refractivity contribution in [3.8, 4) is 0 Å². The van der Waals surface area contributed by atoms with Crippen LogP contribution in [0.25, 0.3) is 0 Å². The second kappa shape index (κ2) is 6.87. The fourth-order valence-electron chi connectivity index (χ4n) is 1.74. The first kappa shape index (κ1) is 15.1. The molecule has 0 aromatic carbocycles. The lowest BCUT2D eigenvalue weighted by Gasteiger charge is -2.16. The van der Waals surface area contributed by atoms with Crippen LogP contribution in [0.3, 0.4) is 0 Å². The third-order valence-electron chi connectivity index (χ3n) is 2.62. The molecule has 0 aliphatic rings. The van der Waals surface area contributed by atoms with Crippen molar-refractivity contribution in [2.45, 2.75) is 27.2 Å². The number of aryl methyl sites for hydroxylation is 2. The van der Waals surface area contributed by atoms with Crippen LogP contribution in [0.4, 0.5) is 0 Å². The molecule has 0 N–H and O–H groups in total. The third kappa shape index (κ3) is 4.69. The van der Waals surface area contributed by atoms with Gasteiger partial charge in [0.15, 0.2) is 0 Å². The van der Waals surface area contributed by atoms with Crippen LogP contribution < -0.4 is 0 Å². The quantitative estimate of drug-likeness (QED) is 0.760. The summed E-state index contributed by atoms with van der Waals surface area (Å²) < 4.78 is 4.82.